The fraction of sp³-hybridized carbons (Fsp3) is 0.391. The number of alkyl halides is 3. The van der Waals surface area contributed by atoms with Crippen LogP contribution in [0.4, 0.5) is 13.2 Å². The van der Waals surface area contributed by atoms with E-state index in [-0.39, 0.29) is 17.4 Å². The number of benzene rings is 2. The van der Waals surface area contributed by atoms with E-state index in [1.807, 2.05) is 36.1 Å². The smallest absolute Gasteiger partial charge is 0.338 e. The van der Waals surface area contributed by atoms with Gasteiger partial charge in [-0.25, -0.2) is 0 Å². The molecule has 1 spiro atoms. The molecule has 2 aromatic carbocycles. The fourth-order valence-corrected chi connectivity index (χ4v) is 5.76. The molecular weight excluding hydrogens is 425 g/mol. The third-order valence-electron chi connectivity index (χ3n) is 6.09. The molecule has 31 heavy (non-hydrogen) atoms. The third kappa shape index (κ3) is 4.18. The van der Waals surface area contributed by atoms with Gasteiger partial charge in [0.15, 0.2) is 0 Å². The van der Waals surface area contributed by atoms with Gasteiger partial charge in [0, 0.05) is 36.5 Å². The van der Waals surface area contributed by atoms with Gasteiger partial charge in [-0.1, -0.05) is 18.2 Å². The van der Waals surface area contributed by atoms with Gasteiger partial charge < -0.3 is 9.80 Å². The zero-order chi connectivity index (χ0) is 22.2. The summed E-state index contributed by atoms with van der Waals surface area (Å²) in [5.41, 5.74) is 1.11. The van der Waals surface area contributed by atoms with Crippen molar-refractivity contribution < 1.29 is 22.8 Å². The van der Waals surface area contributed by atoms with Crippen molar-refractivity contribution in [2.45, 2.75) is 30.8 Å². The van der Waals surface area contributed by atoms with Gasteiger partial charge in [0.25, 0.3) is 11.8 Å². The number of amides is 2. The van der Waals surface area contributed by atoms with Crippen LogP contribution in [-0.4, -0.2) is 51.9 Å². The average molecular weight is 449 g/mol. The van der Waals surface area contributed by atoms with Crippen molar-refractivity contribution in [3.8, 4) is 0 Å². The lowest BCUT2D eigenvalue weighted by atomic mass is 9.99. The predicted molar refractivity (Wildman–Crippen MR) is 114 cm³/mol. The van der Waals surface area contributed by atoms with E-state index in [0.29, 0.717) is 38.0 Å². The first-order chi connectivity index (χ1) is 14.7. The molecule has 0 bridgehead atoms. The zero-order valence-electron chi connectivity index (χ0n) is 17.1. The Bertz CT molecular complexity index is 983. The molecule has 2 heterocycles. The molecule has 8 heteroatoms. The van der Waals surface area contributed by atoms with E-state index in [9.17, 15) is 22.8 Å². The maximum atomic E-state index is 13.1. The predicted octanol–water partition coefficient (Wildman–Crippen LogP) is 4.84. The fourth-order valence-electron chi connectivity index (χ4n) is 4.31. The molecule has 0 saturated carbocycles. The van der Waals surface area contributed by atoms with E-state index < -0.39 is 16.6 Å². The first-order valence-electron chi connectivity index (χ1n) is 10.2. The lowest BCUT2D eigenvalue weighted by Crippen LogP contribution is -2.53. The summed E-state index contributed by atoms with van der Waals surface area (Å²) in [5.74, 6) is 0.520. The Morgan fingerprint density at radius 2 is 1.58 bits per heavy atom. The first-order valence-corrected chi connectivity index (χ1v) is 11.2. The number of hydrogen-bond donors (Lipinski definition) is 0. The molecule has 2 aliphatic rings. The molecule has 164 valence electrons. The average Bonchev–Trinajstić information content (AvgIpc) is 3.16. The highest BCUT2D eigenvalue weighted by atomic mass is 32.2. The topological polar surface area (TPSA) is 40.6 Å². The molecule has 0 unspecified atom stereocenters. The van der Waals surface area contributed by atoms with Crippen LogP contribution in [0.5, 0.6) is 0 Å². The number of likely N-dealkylation sites (tertiary alicyclic amines) is 1. The van der Waals surface area contributed by atoms with Crippen molar-refractivity contribution in [3.63, 3.8) is 0 Å². The molecule has 0 atom stereocenters. The SMILES string of the molecule is Cc1ccccc1C(=O)N1CCC2(CC1)SCCN2C(=O)c1ccc(C(F)(F)F)cc1. The highest BCUT2D eigenvalue weighted by Gasteiger charge is 2.47. The summed E-state index contributed by atoms with van der Waals surface area (Å²) in [6, 6.07) is 11.9. The maximum Gasteiger partial charge on any atom is 0.416 e. The van der Waals surface area contributed by atoms with Crippen molar-refractivity contribution in [1.29, 1.82) is 0 Å². The van der Waals surface area contributed by atoms with Crippen LogP contribution in [-0.2, 0) is 6.18 Å². The number of carbonyl (C=O) groups is 2. The molecule has 0 aromatic heterocycles. The van der Waals surface area contributed by atoms with Gasteiger partial charge in [-0.05, 0) is 55.7 Å². The second-order valence-corrected chi connectivity index (χ2v) is 9.39. The summed E-state index contributed by atoms with van der Waals surface area (Å²) in [4.78, 5) is 29.2. The Balaban J connectivity index is 1.47. The van der Waals surface area contributed by atoms with Crippen molar-refractivity contribution in [2.24, 2.45) is 0 Å². The van der Waals surface area contributed by atoms with E-state index >= 15 is 0 Å². The van der Waals surface area contributed by atoms with Gasteiger partial charge in [-0.15, -0.1) is 11.8 Å². The quantitative estimate of drug-likeness (QED) is 0.661. The Labute approximate surface area is 183 Å². The highest BCUT2D eigenvalue weighted by Crippen LogP contribution is 2.45. The molecule has 0 aliphatic carbocycles. The summed E-state index contributed by atoms with van der Waals surface area (Å²) in [5, 5.41) is 0. The molecule has 4 nitrogen and oxygen atoms in total. The van der Waals surface area contributed by atoms with Crippen LogP contribution < -0.4 is 0 Å². The minimum Gasteiger partial charge on any atom is -0.338 e. The standard InChI is InChI=1S/C23H23F3N2O2S/c1-16-4-2-3-5-19(16)21(30)27-12-10-22(11-13-27)28(14-15-31-22)20(29)17-6-8-18(9-7-17)23(24,25)26/h2-9H,10-15H2,1H3. The van der Waals surface area contributed by atoms with Crippen LogP contribution >= 0.6 is 11.8 Å². The maximum absolute atomic E-state index is 13.1. The van der Waals surface area contributed by atoms with Crippen molar-refractivity contribution in [3.05, 3.63) is 70.8 Å². The monoisotopic (exact) mass is 448 g/mol. The minimum atomic E-state index is -4.43. The highest BCUT2D eigenvalue weighted by molar-refractivity contribution is 8.00. The van der Waals surface area contributed by atoms with Crippen LogP contribution in [0.1, 0.15) is 44.7 Å². The van der Waals surface area contributed by atoms with Gasteiger partial charge in [0.05, 0.1) is 10.4 Å². The van der Waals surface area contributed by atoms with Crippen LogP contribution in [0.15, 0.2) is 48.5 Å². The van der Waals surface area contributed by atoms with E-state index in [1.165, 1.54) is 12.1 Å². The molecule has 0 N–H and O–H groups in total. The molecule has 2 aliphatic heterocycles. The van der Waals surface area contributed by atoms with E-state index in [0.717, 1.165) is 23.4 Å². The Morgan fingerprint density at radius 1 is 0.935 bits per heavy atom. The summed E-state index contributed by atoms with van der Waals surface area (Å²) in [6.07, 6.45) is -3.15. The number of rotatable bonds is 2. The minimum absolute atomic E-state index is 0.00318. The van der Waals surface area contributed by atoms with Gasteiger partial charge in [-0.2, -0.15) is 13.2 Å². The van der Waals surface area contributed by atoms with E-state index in [2.05, 4.69) is 0 Å². The number of hydrogen-bond acceptors (Lipinski definition) is 3. The summed E-state index contributed by atoms with van der Waals surface area (Å²) < 4.78 is 38.5. The van der Waals surface area contributed by atoms with Gasteiger partial charge in [-0.3, -0.25) is 9.59 Å². The van der Waals surface area contributed by atoms with Crippen LogP contribution in [0.2, 0.25) is 0 Å². The normalized spacial score (nSPS) is 18.5. The van der Waals surface area contributed by atoms with Gasteiger partial charge in [0.1, 0.15) is 0 Å². The summed E-state index contributed by atoms with van der Waals surface area (Å²) >= 11 is 1.70. The first kappa shape index (κ1) is 21.7. The number of aryl methyl sites for hydroxylation is 1. The largest absolute Gasteiger partial charge is 0.416 e. The molecule has 0 radical (unpaired) electrons. The molecule has 2 aromatic rings. The van der Waals surface area contributed by atoms with Crippen molar-refractivity contribution in [1.82, 2.24) is 9.80 Å². The molecule has 4 rings (SSSR count). The number of carbonyl (C=O) groups excluding carboxylic acids is 2. The molecular formula is C23H23F3N2O2S. The Hall–Kier alpha value is -2.48. The second kappa shape index (κ2) is 8.22. The third-order valence-corrected chi connectivity index (χ3v) is 7.64. The van der Waals surface area contributed by atoms with Crippen molar-refractivity contribution in [2.75, 3.05) is 25.4 Å². The lowest BCUT2D eigenvalue weighted by molar-refractivity contribution is -0.137. The number of nitrogens with zero attached hydrogens (tertiary/aromatic N) is 2. The van der Waals surface area contributed by atoms with Crippen LogP contribution in [0.3, 0.4) is 0 Å². The number of thioether (sulfide) groups is 1. The van der Waals surface area contributed by atoms with E-state index in [4.69, 9.17) is 0 Å². The number of piperidine rings is 1. The number of halogens is 3. The second-order valence-electron chi connectivity index (χ2n) is 7.93. The van der Waals surface area contributed by atoms with Crippen LogP contribution in [0.25, 0.3) is 0 Å². The molecule has 2 fully saturated rings. The van der Waals surface area contributed by atoms with Crippen molar-refractivity contribution >= 4 is 23.6 Å². The lowest BCUT2D eigenvalue weighted by Gasteiger charge is -2.44. The Kier molecular flexibility index (Phi) is 5.77. The van der Waals surface area contributed by atoms with Crippen LogP contribution in [0, 0.1) is 6.92 Å². The molecule has 2 saturated heterocycles. The van der Waals surface area contributed by atoms with E-state index in [1.54, 1.807) is 16.7 Å². The van der Waals surface area contributed by atoms with Gasteiger partial charge >= 0.3 is 6.18 Å². The Morgan fingerprint density at radius 3 is 2.19 bits per heavy atom. The summed E-state index contributed by atoms with van der Waals surface area (Å²) in [6.45, 7) is 3.54. The molecule has 2 amide bonds. The van der Waals surface area contributed by atoms with Gasteiger partial charge in [0.2, 0.25) is 0 Å². The summed E-state index contributed by atoms with van der Waals surface area (Å²) in [7, 11) is 0. The zero-order valence-corrected chi connectivity index (χ0v) is 17.9.